The van der Waals surface area contributed by atoms with Crippen LogP contribution in [0.4, 0.5) is 5.69 Å². The predicted octanol–water partition coefficient (Wildman–Crippen LogP) is 5.97. The first-order chi connectivity index (χ1) is 15.5. The Hall–Kier alpha value is -2.04. The summed E-state index contributed by atoms with van der Waals surface area (Å²) in [4.78, 5) is 2.49. The lowest BCUT2D eigenvalue weighted by molar-refractivity contribution is -0.141. The molecule has 1 fully saturated rings. The third-order valence-corrected chi connectivity index (χ3v) is 7.50. The molecule has 32 heavy (non-hydrogen) atoms. The molecule has 174 valence electrons. The van der Waals surface area contributed by atoms with Gasteiger partial charge in [0.25, 0.3) is 0 Å². The van der Waals surface area contributed by atoms with Crippen molar-refractivity contribution in [3.63, 3.8) is 0 Å². The van der Waals surface area contributed by atoms with E-state index in [1.165, 1.54) is 35.2 Å². The minimum absolute atomic E-state index is 0.0942. The average molecular weight is 438 g/mol. The molecule has 2 unspecified atom stereocenters. The fraction of sp³-hybridized carbons (Fsp3) is 0.571. The van der Waals surface area contributed by atoms with Gasteiger partial charge in [0.05, 0.1) is 0 Å². The van der Waals surface area contributed by atoms with E-state index in [1.54, 1.807) is 14.2 Å². The van der Waals surface area contributed by atoms with Gasteiger partial charge in [0, 0.05) is 44.8 Å². The van der Waals surface area contributed by atoms with Gasteiger partial charge >= 0.3 is 0 Å². The zero-order chi connectivity index (χ0) is 22.7. The summed E-state index contributed by atoms with van der Waals surface area (Å²) in [7, 11) is 3.47. The molecule has 0 saturated carbocycles. The van der Waals surface area contributed by atoms with Crippen LogP contribution in [0.2, 0.25) is 0 Å². The number of phenolic OH excluding ortho intramolecular Hbond substituents is 1. The number of aromatic hydroxyl groups is 1. The van der Waals surface area contributed by atoms with Gasteiger partial charge < -0.3 is 19.5 Å². The first kappa shape index (κ1) is 23.1. The lowest BCUT2D eigenvalue weighted by Gasteiger charge is -2.37. The first-order valence-corrected chi connectivity index (χ1v) is 12.2. The average Bonchev–Trinajstić information content (AvgIpc) is 2.80. The number of fused-ring (bicyclic) bond motifs is 1. The molecule has 0 aromatic heterocycles. The molecule has 2 aliphatic rings. The van der Waals surface area contributed by atoms with Gasteiger partial charge in [0.2, 0.25) is 0 Å². The Kier molecular flexibility index (Phi) is 7.42. The van der Waals surface area contributed by atoms with Crippen LogP contribution in [0.25, 0.3) is 0 Å². The summed E-state index contributed by atoms with van der Waals surface area (Å²) >= 11 is 0. The number of anilines is 1. The van der Waals surface area contributed by atoms with E-state index in [9.17, 15) is 5.11 Å². The lowest BCUT2D eigenvalue weighted by atomic mass is 9.69. The molecule has 4 nitrogen and oxygen atoms in total. The Morgan fingerprint density at radius 1 is 0.969 bits per heavy atom. The highest BCUT2D eigenvalue weighted by Crippen LogP contribution is 2.44. The largest absolute Gasteiger partial charge is 0.508 e. The summed E-state index contributed by atoms with van der Waals surface area (Å²) in [6.07, 6.45) is 5.57. The number of aryl methyl sites for hydroxylation is 1. The number of ether oxygens (including phenoxy) is 2. The molecule has 2 atom stereocenters. The third-order valence-electron chi connectivity index (χ3n) is 7.50. The predicted molar refractivity (Wildman–Crippen MR) is 130 cm³/mol. The van der Waals surface area contributed by atoms with Gasteiger partial charge in [-0.05, 0) is 84.9 Å². The van der Waals surface area contributed by atoms with Crippen LogP contribution in [0.15, 0.2) is 42.5 Å². The summed E-state index contributed by atoms with van der Waals surface area (Å²) in [6, 6.07) is 15.3. The first-order valence-electron chi connectivity index (χ1n) is 12.2. The molecule has 0 bridgehead atoms. The normalized spacial score (nSPS) is 21.9. The van der Waals surface area contributed by atoms with Crippen molar-refractivity contribution in [3.05, 3.63) is 59.2 Å². The van der Waals surface area contributed by atoms with Crippen LogP contribution >= 0.6 is 0 Å². The van der Waals surface area contributed by atoms with Crippen LogP contribution in [0.3, 0.4) is 0 Å². The van der Waals surface area contributed by atoms with Crippen molar-refractivity contribution in [2.24, 2.45) is 17.8 Å². The van der Waals surface area contributed by atoms with Crippen LogP contribution < -0.4 is 4.90 Å². The minimum Gasteiger partial charge on any atom is -0.508 e. The van der Waals surface area contributed by atoms with E-state index in [4.69, 9.17) is 9.47 Å². The Labute approximate surface area is 193 Å². The number of benzene rings is 2. The van der Waals surface area contributed by atoms with Crippen molar-refractivity contribution in [1.29, 1.82) is 0 Å². The minimum atomic E-state index is -0.0942. The van der Waals surface area contributed by atoms with Crippen LogP contribution in [-0.2, 0) is 15.9 Å². The van der Waals surface area contributed by atoms with Crippen molar-refractivity contribution in [2.45, 2.75) is 58.2 Å². The molecule has 4 rings (SSSR count). The molecule has 1 aliphatic heterocycles. The standard InChI is InChI=1S/C28H39NO3/c1-19(2)17-23-6-5-22-18-25(30)11-12-26(22)27(23)20-7-9-24(10-8-20)29-15-13-21(14-16-29)28(31-3)32-4/h7-12,18-19,21,23,27-28,30H,5-6,13-17H2,1-4H3. The quantitative estimate of drug-likeness (QED) is 0.542. The summed E-state index contributed by atoms with van der Waals surface area (Å²) in [5.74, 6) is 2.59. The van der Waals surface area contributed by atoms with Gasteiger partial charge in [0.1, 0.15) is 5.75 Å². The maximum absolute atomic E-state index is 10.0. The van der Waals surface area contributed by atoms with Crippen LogP contribution in [0.5, 0.6) is 5.75 Å². The number of piperidine rings is 1. The van der Waals surface area contributed by atoms with E-state index in [1.807, 2.05) is 12.1 Å². The fourth-order valence-electron chi connectivity index (χ4n) is 5.99. The second-order valence-electron chi connectivity index (χ2n) is 10.0. The molecule has 0 radical (unpaired) electrons. The lowest BCUT2D eigenvalue weighted by Crippen LogP contribution is -2.39. The second-order valence-corrected chi connectivity index (χ2v) is 10.0. The number of hydrogen-bond acceptors (Lipinski definition) is 4. The molecule has 0 amide bonds. The number of methoxy groups -OCH3 is 2. The highest BCUT2D eigenvalue weighted by molar-refractivity contribution is 5.51. The number of rotatable bonds is 7. The SMILES string of the molecule is COC(OC)C1CCN(c2ccc(C3c4ccc(O)cc4CCC3CC(C)C)cc2)CC1. The topological polar surface area (TPSA) is 41.9 Å². The molecule has 4 heteroatoms. The highest BCUT2D eigenvalue weighted by atomic mass is 16.7. The molecule has 1 N–H and O–H groups in total. The van der Waals surface area contributed by atoms with Gasteiger partial charge in [-0.3, -0.25) is 0 Å². The summed E-state index contributed by atoms with van der Waals surface area (Å²) in [5.41, 5.74) is 5.42. The second kappa shape index (κ2) is 10.3. The van der Waals surface area contributed by atoms with Gasteiger partial charge in [0.15, 0.2) is 6.29 Å². The molecular formula is C28H39NO3. The monoisotopic (exact) mass is 437 g/mol. The fourth-order valence-corrected chi connectivity index (χ4v) is 5.99. The Morgan fingerprint density at radius 3 is 2.28 bits per heavy atom. The maximum Gasteiger partial charge on any atom is 0.159 e. The van der Waals surface area contributed by atoms with Crippen LogP contribution in [-0.4, -0.2) is 38.7 Å². The number of nitrogens with zero attached hydrogens (tertiary/aromatic N) is 1. The molecule has 1 heterocycles. The van der Waals surface area contributed by atoms with Crippen molar-refractivity contribution < 1.29 is 14.6 Å². The van der Waals surface area contributed by atoms with Crippen molar-refractivity contribution >= 4 is 5.69 Å². The van der Waals surface area contributed by atoms with Crippen LogP contribution in [0, 0.1) is 17.8 Å². The van der Waals surface area contributed by atoms with Gasteiger partial charge in [-0.2, -0.15) is 0 Å². The van der Waals surface area contributed by atoms with Crippen molar-refractivity contribution in [2.75, 3.05) is 32.2 Å². The zero-order valence-electron chi connectivity index (χ0n) is 20.1. The molecule has 1 aliphatic carbocycles. The molecule has 2 aromatic carbocycles. The summed E-state index contributed by atoms with van der Waals surface area (Å²) < 4.78 is 11.0. The van der Waals surface area contributed by atoms with E-state index < -0.39 is 0 Å². The summed E-state index contributed by atoms with van der Waals surface area (Å²) in [6.45, 7) is 6.73. The van der Waals surface area contributed by atoms with Crippen molar-refractivity contribution in [1.82, 2.24) is 0 Å². The smallest absolute Gasteiger partial charge is 0.159 e. The Balaban J connectivity index is 1.52. The van der Waals surface area contributed by atoms with E-state index in [0.717, 1.165) is 32.4 Å². The van der Waals surface area contributed by atoms with Gasteiger partial charge in [-0.15, -0.1) is 0 Å². The summed E-state index contributed by atoms with van der Waals surface area (Å²) in [5, 5.41) is 10.0. The Bertz CT molecular complexity index is 867. The molecule has 2 aromatic rings. The Morgan fingerprint density at radius 2 is 1.66 bits per heavy atom. The number of hydrogen-bond donors (Lipinski definition) is 1. The highest BCUT2D eigenvalue weighted by Gasteiger charge is 2.32. The van der Waals surface area contributed by atoms with E-state index in [0.29, 0.717) is 29.4 Å². The third kappa shape index (κ3) is 4.97. The zero-order valence-corrected chi connectivity index (χ0v) is 20.1. The van der Waals surface area contributed by atoms with Crippen molar-refractivity contribution in [3.8, 4) is 5.75 Å². The van der Waals surface area contributed by atoms with Gasteiger partial charge in [-0.25, -0.2) is 0 Å². The van der Waals surface area contributed by atoms with Crippen LogP contribution in [0.1, 0.15) is 62.1 Å². The van der Waals surface area contributed by atoms with E-state index in [2.05, 4.69) is 49.1 Å². The van der Waals surface area contributed by atoms with E-state index in [-0.39, 0.29) is 6.29 Å². The number of phenols is 1. The molecule has 1 saturated heterocycles. The molecular weight excluding hydrogens is 398 g/mol. The molecule has 0 spiro atoms. The maximum atomic E-state index is 10.0. The van der Waals surface area contributed by atoms with E-state index >= 15 is 0 Å². The van der Waals surface area contributed by atoms with Gasteiger partial charge in [-0.1, -0.05) is 32.0 Å².